The Morgan fingerprint density at radius 1 is 1.64 bits per heavy atom. The van der Waals surface area contributed by atoms with E-state index in [0.29, 0.717) is 19.1 Å². The summed E-state index contributed by atoms with van der Waals surface area (Å²) in [6.07, 6.45) is 1.60. The first kappa shape index (κ1) is 8.94. The fraction of sp³-hybridized carbons (Fsp3) is 1.00. The van der Waals surface area contributed by atoms with Crippen LogP contribution in [0.3, 0.4) is 0 Å². The first-order valence-electron chi connectivity index (χ1n) is 4.26. The molecule has 1 aliphatic heterocycles. The average Bonchev–Trinajstić information content (AvgIpc) is 2.32. The monoisotopic (exact) mass is 161 g/mol. The summed E-state index contributed by atoms with van der Waals surface area (Å²) in [5.74, 6) is 0. The summed E-state index contributed by atoms with van der Waals surface area (Å²) in [5, 5.41) is 9.26. The van der Waals surface area contributed by atoms with E-state index in [1.165, 1.54) is 0 Å². The molecule has 1 aliphatic rings. The molecule has 0 saturated carbocycles. The Bertz CT molecular complexity index is 121. The van der Waals surface area contributed by atoms with Gasteiger partial charge in [0.2, 0.25) is 0 Å². The van der Waals surface area contributed by atoms with Gasteiger partial charge in [0.15, 0.2) is 0 Å². The number of hydrogen-bond donors (Lipinski definition) is 1. The summed E-state index contributed by atoms with van der Waals surface area (Å²) in [5.41, 5.74) is 0. The van der Waals surface area contributed by atoms with Crippen molar-refractivity contribution >= 4 is 0 Å². The molecule has 2 nitrogen and oxygen atoms in total. The van der Waals surface area contributed by atoms with Gasteiger partial charge in [-0.2, -0.15) is 0 Å². The summed E-state index contributed by atoms with van der Waals surface area (Å²) in [7, 11) is 0. The molecule has 1 heterocycles. The van der Waals surface area contributed by atoms with Gasteiger partial charge in [-0.15, -0.1) is 0 Å². The molecule has 0 aromatic carbocycles. The normalized spacial score (nSPS) is 33.0. The van der Waals surface area contributed by atoms with Crippen LogP contribution in [0.1, 0.15) is 19.8 Å². The van der Waals surface area contributed by atoms with Crippen molar-refractivity contribution in [3.05, 3.63) is 0 Å². The highest BCUT2D eigenvalue weighted by Crippen LogP contribution is 2.19. The van der Waals surface area contributed by atoms with E-state index in [1.54, 1.807) is 0 Å². The molecule has 1 saturated heterocycles. The molecule has 1 rings (SSSR count). The van der Waals surface area contributed by atoms with E-state index >= 15 is 0 Å². The van der Waals surface area contributed by atoms with E-state index in [-0.39, 0.29) is 12.8 Å². The summed E-state index contributed by atoms with van der Waals surface area (Å²) in [6, 6.07) is 0.403. The molecule has 0 aromatic heterocycles. The van der Waals surface area contributed by atoms with Crippen molar-refractivity contribution in [3.63, 3.8) is 0 Å². The fourth-order valence-electron chi connectivity index (χ4n) is 1.76. The Balaban J connectivity index is 2.37. The third kappa shape index (κ3) is 2.14. The summed E-state index contributed by atoms with van der Waals surface area (Å²) in [4.78, 5) is 2.03. The van der Waals surface area contributed by atoms with Crippen molar-refractivity contribution < 1.29 is 9.50 Å². The zero-order valence-electron chi connectivity index (χ0n) is 6.96. The summed E-state index contributed by atoms with van der Waals surface area (Å²) in [6.45, 7) is 2.91. The Morgan fingerprint density at radius 2 is 2.36 bits per heavy atom. The van der Waals surface area contributed by atoms with Crippen LogP contribution in [0.5, 0.6) is 0 Å². The number of aliphatic hydroxyl groups excluding tert-OH is 1. The van der Waals surface area contributed by atoms with Gasteiger partial charge in [0, 0.05) is 19.1 Å². The number of halogens is 1. The lowest BCUT2D eigenvalue weighted by Gasteiger charge is -2.20. The van der Waals surface area contributed by atoms with Gasteiger partial charge in [0.25, 0.3) is 0 Å². The number of rotatable bonds is 3. The quantitative estimate of drug-likeness (QED) is 0.662. The van der Waals surface area contributed by atoms with Crippen molar-refractivity contribution in [2.24, 2.45) is 0 Å². The third-order valence-corrected chi connectivity index (χ3v) is 2.35. The number of β-amino-alcohol motifs (C(OH)–C–C–N with tert-alkyl or cyclic N) is 1. The Morgan fingerprint density at radius 3 is 2.91 bits per heavy atom. The maximum atomic E-state index is 12.0. The fourth-order valence-corrected chi connectivity index (χ4v) is 1.76. The molecule has 3 heteroatoms. The highest BCUT2D eigenvalue weighted by atomic mass is 19.1. The second kappa shape index (κ2) is 4.02. The van der Waals surface area contributed by atoms with Gasteiger partial charge < -0.3 is 5.11 Å². The van der Waals surface area contributed by atoms with Gasteiger partial charge in [-0.3, -0.25) is 4.90 Å². The van der Waals surface area contributed by atoms with Crippen molar-refractivity contribution in [1.82, 2.24) is 4.90 Å². The predicted octanol–water partition coefficient (Wildman–Crippen LogP) is 0.801. The van der Waals surface area contributed by atoms with Gasteiger partial charge in [-0.05, 0) is 12.8 Å². The molecule has 1 N–H and O–H groups in total. The molecule has 0 spiro atoms. The van der Waals surface area contributed by atoms with Crippen LogP contribution < -0.4 is 0 Å². The van der Waals surface area contributed by atoms with Gasteiger partial charge >= 0.3 is 0 Å². The number of aliphatic hydroxyl groups is 1. The molecule has 11 heavy (non-hydrogen) atoms. The zero-order valence-corrected chi connectivity index (χ0v) is 6.96. The van der Waals surface area contributed by atoms with Crippen LogP contribution >= 0.6 is 0 Å². The van der Waals surface area contributed by atoms with Crippen molar-refractivity contribution in [2.75, 3.05) is 19.8 Å². The number of alkyl halides is 1. The van der Waals surface area contributed by atoms with Gasteiger partial charge in [0.1, 0.15) is 6.67 Å². The lowest BCUT2D eigenvalue weighted by molar-refractivity contribution is 0.170. The van der Waals surface area contributed by atoms with Crippen molar-refractivity contribution in [1.29, 1.82) is 0 Å². The van der Waals surface area contributed by atoms with Crippen LogP contribution in [0, 0.1) is 0 Å². The standard InChI is InChI=1S/C8H16FNO/c1-2-7-5-8(11)6-10(7)4-3-9/h7-8,11H,2-6H2,1H3/t7-,8-/m1/s1. The molecule has 0 amide bonds. The van der Waals surface area contributed by atoms with E-state index in [4.69, 9.17) is 0 Å². The minimum atomic E-state index is -0.302. The van der Waals surface area contributed by atoms with E-state index in [2.05, 4.69) is 6.92 Å². The van der Waals surface area contributed by atoms with Crippen LogP contribution in [0.2, 0.25) is 0 Å². The van der Waals surface area contributed by atoms with E-state index in [1.807, 2.05) is 4.90 Å². The van der Waals surface area contributed by atoms with Gasteiger partial charge in [0.05, 0.1) is 6.10 Å². The second-order valence-corrected chi connectivity index (χ2v) is 3.14. The van der Waals surface area contributed by atoms with Crippen LogP contribution in [-0.2, 0) is 0 Å². The molecule has 0 bridgehead atoms. The smallest absolute Gasteiger partial charge is 0.102 e. The topological polar surface area (TPSA) is 23.5 Å². The first-order chi connectivity index (χ1) is 5.27. The zero-order chi connectivity index (χ0) is 8.27. The summed E-state index contributed by atoms with van der Waals surface area (Å²) >= 11 is 0. The maximum Gasteiger partial charge on any atom is 0.102 e. The SMILES string of the molecule is CC[C@@H]1C[C@@H](O)CN1CCF. The largest absolute Gasteiger partial charge is 0.392 e. The number of hydrogen-bond acceptors (Lipinski definition) is 2. The van der Waals surface area contributed by atoms with Gasteiger partial charge in [-0.25, -0.2) is 4.39 Å². The molecule has 66 valence electrons. The van der Waals surface area contributed by atoms with E-state index < -0.39 is 0 Å². The first-order valence-corrected chi connectivity index (χ1v) is 4.26. The number of likely N-dealkylation sites (tertiary alicyclic amines) is 1. The minimum Gasteiger partial charge on any atom is -0.392 e. The average molecular weight is 161 g/mol. The maximum absolute atomic E-state index is 12.0. The van der Waals surface area contributed by atoms with Crippen LogP contribution in [0.25, 0.3) is 0 Å². The third-order valence-electron chi connectivity index (χ3n) is 2.35. The van der Waals surface area contributed by atoms with Crippen molar-refractivity contribution in [2.45, 2.75) is 31.9 Å². The Hall–Kier alpha value is -0.150. The Labute approximate surface area is 67.0 Å². The molecule has 0 aliphatic carbocycles. The highest BCUT2D eigenvalue weighted by Gasteiger charge is 2.28. The molecular formula is C8H16FNO. The molecule has 2 atom stereocenters. The molecule has 1 fully saturated rings. The Kier molecular flexibility index (Phi) is 3.27. The molecule has 0 radical (unpaired) electrons. The highest BCUT2D eigenvalue weighted by molar-refractivity contribution is 4.83. The van der Waals surface area contributed by atoms with Gasteiger partial charge in [-0.1, -0.05) is 6.92 Å². The molecule has 0 unspecified atom stereocenters. The van der Waals surface area contributed by atoms with Crippen LogP contribution in [-0.4, -0.2) is 41.9 Å². The molecular weight excluding hydrogens is 145 g/mol. The van der Waals surface area contributed by atoms with Crippen LogP contribution in [0.15, 0.2) is 0 Å². The van der Waals surface area contributed by atoms with Crippen LogP contribution in [0.4, 0.5) is 4.39 Å². The number of nitrogens with zero attached hydrogens (tertiary/aromatic N) is 1. The predicted molar refractivity (Wildman–Crippen MR) is 42.3 cm³/mol. The second-order valence-electron chi connectivity index (χ2n) is 3.14. The lowest BCUT2D eigenvalue weighted by atomic mass is 10.1. The molecule has 0 aromatic rings. The minimum absolute atomic E-state index is 0.230. The van der Waals surface area contributed by atoms with E-state index in [9.17, 15) is 9.50 Å². The van der Waals surface area contributed by atoms with E-state index in [0.717, 1.165) is 12.8 Å². The lowest BCUT2D eigenvalue weighted by Crippen LogP contribution is -2.31. The van der Waals surface area contributed by atoms with Crippen molar-refractivity contribution in [3.8, 4) is 0 Å². The summed E-state index contributed by atoms with van der Waals surface area (Å²) < 4.78 is 12.0.